The number of benzene rings is 7. The van der Waals surface area contributed by atoms with Crippen molar-refractivity contribution < 1.29 is 4.28 Å². The Kier molecular flexibility index (Phi) is 5.84. The highest BCUT2D eigenvalue weighted by Crippen LogP contribution is 2.44. The van der Waals surface area contributed by atoms with Gasteiger partial charge in [0.1, 0.15) is 6.61 Å². The van der Waals surface area contributed by atoms with Gasteiger partial charge in [-0.05, 0) is 43.9 Å². The molecule has 2 heteroatoms. The Labute approximate surface area is 247 Å². The smallest absolute Gasteiger partial charge is 0.378 e. The van der Waals surface area contributed by atoms with E-state index in [9.17, 15) is 0 Å². The fourth-order valence-electron chi connectivity index (χ4n) is 7.43. The maximum atomic E-state index is 3.74. The van der Waals surface area contributed by atoms with Gasteiger partial charge in [-0.15, -0.1) is 10.9 Å². The van der Waals surface area contributed by atoms with Crippen molar-refractivity contribution in [2.45, 2.75) is 0 Å². The van der Waals surface area contributed by atoms with Crippen molar-refractivity contribution in [2.24, 2.45) is 0 Å². The van der Waals surface area contributed by atoms with Crippen LogP contribution in [0.5, 0.6) is 0 Å². The van der Waals surface area contributed by atoms with Crippen LogP contribution in [0.4, 0.5) is 0 Å². The molecule has 0 unspecified atom stereocenters. The predicted octanol–water partition coefficient (Wildman–Crippen LogP) is 8.55. The zero-order valence-corrected chi connectivity index (χ0v) is 23.7. The van der Waals surface area contributed by atoms with Gasteiger partial charge in [-0.1, -0.05) is 163 Å². The second kappa shape index (κ2) is 9.87. The average molecular weight is 538 g/mol. The van der Waals surface area contributed by atoms with Crippen molar-refractivity contribution in [2.75, 3.05) is 13.7 Å². The highest BCUT2D eigenvalue weighted by molar-refractivity contribution is 7.13. The molecule has 7 aromatic carbocycles. The van der Waals surface area contributed by atoms with Gasteiger partial charge >= 0.3 is 6.35 Å². The largest absolute Gasteiger partial charge is 0.659 e. The SMILES string of the molecule is C[O+]1CC(c2ccccc2)=C(c2ccc3ccccc3c2)[B-]1(c1ccc2ccccc2c1)c1ccc2ccccc2c1. The Morgan fingerprint density at radius 2 is 0.881 bits per heavy atom. The van der Waals surface area contributed by atoms with Crippen molar-refractivity contribution in [1.29, 1.82) is 0 Å². The molecule has 0 bridgehead atoms. The molecule has 0 aromatic heterocycles. The van der Waals surface area contributed by atoms with E-state index in [0.717, 1.165) is 6.61 Å². The molecular weight excluding hydrogens is 507 g/mol. The summed E-state index contributed by atoms with van der Waals surface area (Å²) in [6.45, 7) is 0.784. The van der Waals surface area contributed by atoms with Crippen LogP contribution in [0, 0.1) is 0 Å². The summed E-state index contributed by atoms with van der Waals surface area (Å²) in [6, 6.07) is 58.2. The van der Waals surface area contributed by atoms with E-state index < -0.39 is 6.35 Å². The van der Waals surface area contributed by atoms with Gasteiger partial charge in [0.15, 0.2) is 0 Å². The quantitative estimate of drug-likeness (QED) is 0.156. The summed E-state index contributed by atoms with van der Waals surface area (Å²) in [5.41, 5.74) is 7.90. The molecule has 1 aliphatic rings. The molecule has 0 spiro atoms. The zero-order valence-electron chi connectivity index (χ0n) is 23.7. The van der Waals surface area contributed by atoms with Gasteiger partial charge < -0.3 is 4.28 Å². The molecule has 0 saturated carbocycles. The fraction of sp³-hybridized carbons (Fsp3) is 0.0500. The second-order valence-electron chi connectivity index (χ2n) is 11.7. The minimum atomic E-state index is -1.58. The first kappa shape index (κ1) is 24.8. The van der Waals surface area contributed by atoms with E-state index in [1.807, 2.05) is 0 Å². The summed E-state index contributed by atoms with van der Waals surface area (Å²) in [5.74, 6) is 0. The lowest BCUT2D eigenvalue weighted by Gasteiger charge is -2.43. The Morgan fingerprint density at radius 1 is 0.429 bits per heavy atom. The fourth-order valence-corrected chi connectivity index (χ4v) is 7.43. The average Bonchev–Trinajstić information content (AvgIpc) is 3.37. The lowest BCUT2D eigenvalue weighted by atomic mass is 9.26. The van der Waals surface area contributed by atoms with Crippen LogP contribution in [-0.2, 0) is 4.28 Å². The maximum absolute atomic E-state index is 3.74. The Bertz CT molecular complexity index is 2060. The minimum absolute atomic E-state index is 0.784. The van der Waals surface area contributed by atoms with Crippen LogP contribution in [0.2, 0.25) is 0 Å². The normalized spacial score (nSPS) is 15.2. The third-order valence-electron chi connectivity index (χ3n) is 9.38. The van der Waals surface area contributed by atoms with E-state index >= 15 is 0 Å². The molecule has 8 rings (SSSR count). The molecule has 1 heterocycles. The van der Waals surface area contributed by atoms with Gasteiger partial charge in [0.2, 0.25) is 0 Å². The lowest BCUT2D eigenvalue weighted by molar-refractivity contribution is 0.0930. The van der Waals surface area contributed by atoms with Crippen LogP contribution < -0.4 is 10.9 Å². The first-order valence-electron chi connectivity index (χ1n) is 14.8. The van der Waals surface area contributed by atoms with Crippen LogP contribution in [0.25, 0.3) is 43.4 Å². The summed E-state index contributed by atoms with van der Waals surface area (Å²) >= 11 is 0. The molecule has 0 saturated heterocycles. The first-order valence-corrected chi connectivity index (χ1v) is 14.8. The van der Waals surface area contributed by atoms with Crippen LogP contribution in [0.1, 0.15) is 11.1 Å². The Balaban J connectivity index is 1.51. The molecule has 1 nitrogen and oxygen atoms in total. The Morgan fingerprint density at radius 3 is 1.43 bits per heavy atom. The first-order chi connectivity index (χ1) is 20.7. The number of fused-ring (bicyclic) bond motifs is 3. The van der Waals surface area contributed by atoms with Crippen molar-refractivity contribution in [3.63, 3.8) is 0 Å². The highest BCUT2D eigenvalue weighted by atomic mass is 16.6. The number of rotatable bonds is 4. The van der Waals surface area contributed by atoms with E-state index in [1.54, 1.807) is 0 Å². The van der Waals surface area contributed by atoms with Crippen molar-refractivity contribution >= 4 is 60.6 Å². The van der Waals surface area contributed by atoms with Crippen LogP contribution in [0.3, 0.4) is 0 Å². The summed E-state index contributed by atoms with van der Waals surface area (Å²) in [5, 5.41) is 7.56. The zero-order chi connectivity index (χ0) is 28.1. The molecule has 0 atom stereocenters. The van der Waals surface area contributed by atoms with E-state index in [0.29, 0.717) is 0 Å². The van der Waals surface area contributed by atoms with E-state index in [2.05, 4.69) is 169 Å². The van der Waals surface area contributed by atoms with Gasteiger partial charge in [-0.25, -0.2) is 0 Å². The summed E-state index contributed by atoms with van der Waals surface area (Å²) in [7, 11) is 2.24. The van der Waals surface area contributed by atoms with Crippen molar-refractivity contribution in [3.05, 3.63) is 169 Å². The topological polar surface area (TPSA) is 2.70 Å². The molecule has 0 fully saturated rings. The molecule has 7 aromatic rings. The summed E-state index contributed by atoms with van der Waals surface area (Å²) < 4.78 is 3.74. The molecule has 200 valence electrons. The van der Waals surface area contributed by atoms with Crippen LogP contribution >= 0.6 is 0 Å². The Hall–Kier alpha value is -4.92. The summed E-state index contributed by atoms with van der Waals surface area (Å²) in [6.07, 6.45) is -1.58. The highest BCUT2D eigenvalue weighted by Gasteiger charge is 2.51. The van der Waals surface area contributed by atoms with Crippen LogP contribution in [0.15, 0.2) is 158 Å². The third kappa shape index (κ3) is 3.84. The number of hydrogen-bond acceptors (Lipinski definition) is 0. The van der Waals surface area contributed by atoms with E-state index in [-0.39, 0.29) is 0 Å². The van der Waals surface area contributed by atoms with E-state index in [1.165, 1.54) is 65.4 Å². The molecule has 42 heavy (non-hydrogen) atoms. The van der Waals surface area contributed by atoms with Gasteiger partial charge in [0.25, 0.3) is 0 Å². The minimum Gasteiger partial charge on any atom is -0.659 e. The molecular formula is C40H31BO. The van der Waals surface area contributed by atoms with Crippen LogP contribution in [-0.4, -0.2) is 20.1 Å². The van der Waals surface area contributed by atoms with Crippen molar-refractivity contribution in [1.82, 2.24) is 0 Å². The van der Waals surface area contributed by atoms with Gasteiger partial charge in [0, 0.05) is 5.57 Å². The predicted molar refractivity (Wildman–Crippen MR) is 182 cm³/mol. The van der Waals surface area contributed by atoms with Gasteiger partial charge in [-0.2, -0.15) is 0 Å². The third-order valence-corrected chi connectivity index (χ3v) is 9.38. The second-order valence-corrected chi connectivity index (χ2v) is 11.7. The van der Waals surface area contributed by atoms with E-state index in [4.69, 9.17) is 0 Å². The lowest BCUT2D eigenvalue weighted by Crippen LogP contribution is -2.64. The number of hydrogen-bond donors (Lipinski definition) is 0. The molecule has 0 radical (unpaired) electrons. The molecule has 0 amide bonds. The summed E-state index contributed by atoms with van der Waals surface area (Å²) in [4.78, 5) is 0. The van der Waals surface area contributed by atoms with Gasteiger partial charge in [-0.3, -0.25) is 0 Å². The molecule has 0 aliphatic carbocycles. The van der Waals surface area contributed by atoms with Gasteiger partial charge in [0.05, 0.1) is 7.11 Å². The standard InChI is InChI=1S/C40H31BO/c1-42-28-39(32-14-3-2-4-15-32)40(36-20-19-29-11-5-8-16-33(29)25-36)41(42,37-23-21-30-12-6-9-17-34(30)26-37)38-24-22-31-13-7-10-18-35(31)27-38/h2-27H,28H2,1H3. The maximum Gasteiger partial charge on any atom is 0.378 e. The monoisotopic (exact) mass is 538 g/mol. The molecule has 1 aliphatic heterocycles. The molecule has 0 N–H and O–H groups in total. The van der Waals surface area contributed by atoms with Crippen molar-refractivity contribution in [3.8, 4) is 0 Å².